The van der Waals surface area contributed by atoms with Crippen LogP contribution in [0.2, 0.25) is 0 Å². The molecule has 1 atom stereocenters. The molecule has 1 N–H and O–H groups in total. The molecule has 1 aromatic rings. The highest BCUT2D eigenvalue weighted by Crippen LogP contribution is 2.28. The Bertz CT molecular complexity index is 307. The summed E-state index contributed by atoms with van der Waals surface area (Å²) in [5, 5.41) is 3.17. The summed E-state index contributed by atoms with van der Waals surface area (Å²) in [6.45, 7) is 3.93. The van der Waals surface area contributed by atoms with Gasteiger partial charge < -0.3 is 5.32 Å². The van der Waals surface area contributed by atoms with E-state index >= 15 is 0 Å². The molecular formula is C12H16FN. The maximum absolute atomic E-state index is 13.8. The van der Waals surface area contributed by atoms with Crippen molar-refractivity contribution in [3.63, 3.8) is 0 Å². The summed E-state index contributed by atoms with van der Waals surface area (Å²) < 4.78 is 13.8. The van der Waals surface area contributed by atoms with Gasteiger partial charge in [-0.15, -0.1) is 0 Å². The summed E-state index contributed by atoms with van der Waals surface area (Å²) >= 11 is 0. The van der Waals surface area contributed by atoms with Crippen molar-refractivity contribution in [1.82, 2.24) is 5.32 Å². The predicted molar refractivity (Wildman–Crippen MR) is 56.0 cm³/mol. The largest absolute Gasteiger partial charge is 0.316 e. The van der Waals surface area contributed by atoms with E-state index in [-0.39, 0.29) is 0 Å². The Morgan fingerprint density at radius 1 is 1.43 bits per heavy atom. The van der Waals surface area contributed by atoms with Gasteiger partial charge in [0.1, 0.15) is 6.17 Å². The zero-order chi connectivity index (χ0) is 9.97. The van der Waals surface area contributed by atoms with E-state index in [4.69, 9.17) is 0 Å². The van der Waals surface area contributed by atoms with Gasteiger partial charge in [0.2, 0.25) is 0 Å². The van der Waals surface area contributed by atoms with Gasteiger partial charge in [0.15, 0.2) is 0 Å². The van der Waals surface area contributed by atoms with Crippen molar-refractivity contribution < 1.29 is 4.39 Å². The van der Waals surface area contributed by atoms with Crippen LogP contribution < -0.4 is 5.32 Å². The van der Waals surface area contributed by atoms with Crippen molar-refractivity contribution in [2.45, 2.75) is 19.5 Å². The van der Waals surface area contributed by atoms with Crippen molar-refractivity contribution >= 4 is 0 Å². The smallest absolute Gasteiger partial charge is 0.126 e. The molecule has 1 aliphatic heterocycles. The number of halogens is 1. The lowest BCUT2D eigenvalue weighted by Crippen LogP contribution is -2.42. The maximum Gasteiger partial charge on any atom is 0.126 e. The second kappa shape index (κ2) is 4.09. The second-order valence-corrected chi connectivity index (χ2v) is 4.08. The third-order valence-electron chi connectivity index (χ3n) is 2.93. The molecule has 1 aliphatic rings. The molecule has 0 aromatic heterocycles. The number of hydrogen-bond acceptors (Lipinski definition) is 1. The highest BCUT2D eigenvalue weighted by atomic mass is 19.1. The van der Waals surface area contributed by atoms with Crippen LogP contribution >= 0.6 is 0 Å². The number of hydrogen-bond donors (Lipinski definition) is 1. The third kappa shape index (κ3) is 1.95. The summed E-state index contributed by atoms with van der Waals surface area (Å²) in [6, 6.07) is 7.73. The SMILES string of the molecule is Cc1ccccc1C(F)CC1CNC1. The molecule has 2 rings (SSSR count). The molecule has 1 saturated heterocycles. The first-order valence-electron chi connectivity index (χ1n) is 5.17. The fourth-order valence-electron chi connectivity index (χ4n) is 1.87. The minimum atomic E-state index is -0.789. The van der Waals surface area contributed by atoms with Crippen LogP contribution in [0.15, 0.2) is 24.3 Å². The van der Waals surface area contributed by atoms with E-state index in [0.717, 1.165) is 24.2 Å². The molecule has 76 valence electrons. The predicted octanol–water partition coefficient (Wildman–Crippen LogP) is 2.62. The van der Waals surface area contributed by atoms with Crippen LogP contribution in [-0.4, -0.2) is 13.1 Å². The molecule has 1 heterocycles. The lowest BCUT2D eigenvalue weighted by atomic mass is 9.92. The van der Waals surface area contributed by atoms with Gasteiger partial charge in [-0.25, -0.2) is 4.39 Å². The zero-order valence-corrected chi connectivity index (χ0v) is 8.46. The molecule has 0 bridgehead atoms. The third-order valence-corrected chi connectivity index (χ3v) is 2.93. The topological polar surface area (TPSA) is 12.0 Å². The van der Waals surface area contributed by atoms with E-state index in [0.29, 0.717) is 12.3 Å². The minimum absolute atomic E-state index is 0.532. The quantitative estimate of drug-likeness (QED) is 0.778. The number of nitrogens with one attached hydrogen (secondary N) is 1. The first-order valence-corrected chi connectivity index (χ1v) is 5.17. The number of aryl methyl sites for hydroxylation is 1. The van der Waals surface area contributed by atoms with Gasteiger partial charge in [0, 0.05) is 0 Å². The summed E-state index contributed by atoms with van der Waals surface area (Å²) in [5.41, 5.74) is 1.92. The molecule has 0 saturated carbocycles. The Labute approximate surface area is 84.3 Å². The fourth-order valence-corrected chi connectivity index (χ4v) is 1.87. The van der Waals surface area contributed by atoms with E-state index in [1.165, 1.54) is 0 Å². The van der Waals surface area contributed by atoms with Crippen LogP contribution in [0.25, 0.3) is 0 Å². The Balaban J connectivity index is 2.02. The minimum Gasteiger partial charge on any atom is -0.316 e. The van der Waals surface area contributed by atoms with Crippen molar-refractivity contribution in [3.8, 4) is 0 Å². The van der Waals surface area contributed by atoms with Gasteiger partial charge in [-0.05, 0) is 43.5 Å². The highest BCUT2D eigenvalue weighted by molar-refractivity contribution is 5.27. The zero-order valence-electron chi connectivity index (χ0n) is 8.46. The Morgan fingerprint density at radius 3 is 2.71 bits per heavy atom. The van der Waals surface area contributed by atoms with Gasteiger partial charge in [-0.1, -0.05) is 24.3 Å². The summed E-state index contributed by atoms with van der Waals surface area (Å²) in [6.07, 6.45) is -0.124. The molecule has 1 nitrogen and oxygen atoms in total. The Hall–Kier alpha value is -0.890. The Morgan fingerprint density at radius 2 is 2.14 bits per heavy atom. The van der Waals surface area contributed by atoms with E-state index in [2.05, 4.69) is 5.32 Å². The van der Waals surface area contributed by atoms with Gasteiger partial charge >= 0.3 is 0 Å². The normalized spacial score (nSPS) is 19.0. The average molecular weight is 193 g/mol. The van der Waals surface area contributed by atoms with Crippen molar-refractivity contribution in [2.24, 2.45) is 5.92 Å². The Kier molecular flexibility index (Phi) is 2.82. The van der Waals surface area contributed by atoms with Crippen molar-refractivity contribution in [2.75, 3.05) is 13.1 Å². The lowest BCUT2D eigenvalue weighted by Gasteiger charge is -2.28. The van der Waals surface area contributed by atoms with Crippen LogP contribution in [0.5, 0.6) is 0 Å². The van der Waals surface area contributed by atoms with Crippen LogP contribution in [-0.2, 0) is 0 Å². The molecule has 0 aliphatic carbocycles. The van der Waals surface area contributed by atoms with Gasteiger partial charge in [-0.3, -0.25) is 0 Å². The van der Waals surface area contributed by atoms with Gasteiger partial charge in [0.25, 0.3) is 0 Å². The van der Waals surface area contributed by atoms with Gasteiger partial charge in [0.05, 0.1) is 0 Å². The van der Waals surface area contributed by atoms with E-state index in [1.54, 1.807) is 0 Å². The maximum atomic E-state index is 13.8. The lowest BCUT2D eigenvalue weighted by molar-refractivity contribution is 0.224. The van der Waals surface area contributed by atoms with Gasteiger partial charge in [-0.2, -0.15) is 0 Å². The standard InChI is InChI=1S/C12H16FN/c1-9-4-2-3-5-11(9)12(13)6-10-7-14-8-10/h2-5,10,12,14H,6-8H2,1H3. The second-order valence-electron chi connectivity index (χ2n) is 4.08. The van der Waals surface area contributed by atoms with Crippen LogP contribution in [0.3, 0.4) is 0 Å². The number of benzene rings is 1. The summed E-state index contributed by atoms with van der Waals surface area (Å²) in [5.74, 6) is 0.532. The van der Waals surface area contributed by atoms with Crippen LogP contribution in [0.4, 0.5) is 4.39 Å². The molecule has 0 spiro atoms. The van der Waals surface area contributed by atoms with Crippen LogP contribution in [0.1, 0.15) is 23.7 Å². The average Bonchev–Trinajstić information content (AvgIpc) is 2.12. The fraction of sp³-hybridized carbons (Fsp3) is 0.500. The molecule has 0 radical (unpaired) electrons. The first kappa shape index (κ1) is 9.66. The van der Waals surface area contributed by atoms with E-state index in [9.17, 15) is 4.39 Å². The highest BCUT2D eigenvalue weighted by Gasteiger charge is 2.22. The van der Waals surface area contributed by atoms with Crippen molar-refractivity contribution in [1.29, 1.82) is 0 Å². The number of alkyl halides is 1. The first-order chi connectivity index (χ1) is 6.77. The molecule has 0 amide bonds. The molecule has 1 aromatic carbocycles. The van der Waals surface area contributed by atoms with E-state index in [1.807, 2.05) is 31.2 Å². The molecule has 1 unspecified atom stereocenters. The summed E-state index contributed by atoms with van der Waals surface area (Å²) in [4.78, 5) is 0. The molecule has 2 heteroatoms. The van der Waals surface area contributed by atoms with Crippen molar-refractivity contribution in [3.05, 3.63) is 35.4 Å². The molecule has 14 heavy (non-hydrogen) atoms. The van der Waals surface area contributed by atoms with Crippen LogP contribution in [0, 0.1) is 12.8 Å². The van der Waals surface area contributed by atoms with E-state index < -0.39 is 6.17 Å². The molecular weight excluding hydrogens is 177 g/mol. The number of rotatable bonds is 3. The summed E-state index contributed by atoms with van der Waals surface area (Å²) in [7, 11) is 0. The molecule has 1 fully saturated rings. The monoisotopic (exact) mass is 193 g/mol.